The summed E-state index contributed by atoms with van der Waals surface area (Å²) in [4.78, 5) is 33.1. The molecule has 2 N–H and O–H groups in total. The number of hydrogen-bond acceptors (Lipinski definition) is 4. The molecule has 0 saturated heterocycles. The van der Waals surface area contributed by atoms with E-state index >= 15 is 0 Å². The Morgan fingerprint density at radius 3 is 2.50 bits per heavy atom. The molecule has 0 unspecified atom stereocenters. The fourth-order valence-corrected chi connectivity index (χ4v) is 2.34. The molecule has 1 aromatic rings. The van der Waals surface area contributed by atoms with E-state index in [4.69, 9.17) is 5.11 Å². The van der Waals surface area contributed by atoms with Gasteiger partial charge in [-0.25, -0.2) is 0 Å². The van der Waals surface area contributed by atoms with Crippen LogP contribution < -0.4 is 5.32 Å². The lowest BCUT2D eigenvalue weighted by molar-refractivity contribution is -0.387. The van der Waals surface area contributed by atoms with E-state index in [0.717, 1.165) is 12.1 Å². The summed E-state index contributed by atoms with van der Waals surface area (Å²) < 4.78 is 13.2. The Kier molecular flexibility index (Phi) is 4.50. The normalized spacial score (nSPS) is 20.4. The van der Waals surface area contributed by atoms with Gasteiger partial charge in [-0.3, -0.25) is 19.7 Å². The van der Waals surface area contributed by atoms with Gasteiger partial charge in [-0.05, 0) is 25.0 Å². The first-order chi connectivity index (χ1) is 10.4. The van der Waals surface area contributed by atoms with Crippen LogP contribution in [-0.2, 0) is 9.59 Å². The van der Waals surface area contributed by atoms with E-state index in [2.05, 4.69) is 5.32 Å². The SMILES string of the molecule is O=C(O)[C@H]1CC=CC[C@@H]1C(=O)Nc1ccc(F)c([N+](=O)[O-])c1. The van der Waals surface area contributed by atoms with Crippen molar-refractivity contribution in [2.24, 2.45) is 11.8 Å². The Morgan fingerprint density at radius 1 is 1.27 bits per heavy atom. The van der Waals surface area contributed by atoms with Gasteiger partial charge in [0, 0.05) is 11.8 Å². The van der Waals surface area contributed by atoms with Crippen molar-refractivity contribution in [2.45, 2.75) is 12.8 Å². The number of anilines is 1. The van der Waals surface area contributed by atoms with E-state index in [1.54, 1.807) is 12.2 Å². The number of aliphatic carboxylic acids is 1. The van der Waals surface area contributed by atoms with E-state index in [1.165, 1.54) is 6.07 Å². The number of nitro groups is 1. The van der Waals surface area contributed by atoms with E-state index in [-0.39, 0.29) is 18.5 Å². The zero-order valence-electron chi connectivity index (χ0n) is 11.4. The van der Waals surface area contributed by atoms with Crippen molar-refractivity contribution in [3.05, 3.63) is 46.3 Å². The predicted octanol–water partition coefficient (Wildman–Crippen LogP) is 2.34. The second kappa shape index (κ2) is 6.33. The van der Waals surface area contributed by atoms with Gasteiger partial charge in [0.25, 0.3) is 0 Å². The van der Waals surface area contributed by atoms with Gasteiger partial charge in [0.2, 0.25) is 11.7 Å². The Balaban J connectivity index is 2.18. The predicted molar refractivity (Wildman–Crippen MR) is 74.7 cm³/mol. The summed E-state index contributed by atoms with van der Waals surface area (Å²) in [6.07, 6.45) is 3.94. The second-order valence-corrected chi connectivity index (χ2v) is 4.91. The minimum absolute atomic E-state index is 0.0526. The summed E-state index contributed by atoms with van der Waals surface area (Å²) in [5, 5.41) is 22.2. The Hall–Kier alpha value is -2.77. The number of allylic oxidation sites excluding steroid dienone is 2. The molecule has 8 heteroatoms. The zero-order chi connectivity index (χ0) is 16.3. The molecule has 2 atom stereocenters. The number of amides is 1. The number of carboxylic acid groups (broad SMARTS) is 1. The van der Waals surface area contributed by atoms with Gasteiger partial charge in [0.05, 0.1) is 16.8 Å². The standard InChI is InChI=1S/C14H13FN2O5/c15-11-6-5-8(7-12(11)17(21)22)16-13(18)9-3-1-2-4-10(9)14(19)20/h1-2,5-7,9-10H,3-4H2,(H,16,18)(H,19,20)/t9-,10-/m0/s1. The molecule has 0 bridgehead atoms. The van der Waals surface area contributed by atoms with Crippen LogP contribution in [0.2, 0.25) is 0 Å². The molecule has 1 aromatic carbocycles. The number of benzene rings is 1. The average molecular weight is 308 g/mol. The molecular weight excluding hydrogens is 295 g/mol. The number of hydrogen-bond donors (Lipinski definition) is 2. The molecule has 7 nitrogen and oxygen atoms in total. The lowest BCUT2D eigenvalue weighted by Gasteiger charge is -2.24. The highest BCUT2D eigenvalue weighted by Gasteiger charge is 2.34. The highest BCUT2D eigenvalue weighted by molar-refractivity contribution is 5.95. The summed E-state index contributed by atoms with van der Waals surface area (Å²) in [7, 11) is 0. The molecule has 22 heavy (non-hydrogen) atoms. The topological polar surface area (TPSA) is 110 Å². The van der Waals surface area contributed by atoms with Crippen LogP contribution in [0.5, 0.6) is 0 Å². The third kappa shape index (κ3) is 3.27. The highest BCUT2D eigenvalue weighted by Crippen LogP contribution is 2.28. The lowest BCUT2D eigenvalue weighted by atomic mass is 9.82. The van der Waals surface area contributed by atoms with Gasteiger partial charge in [0.15, 0.2) is 0 Å². The number of nitro benzene ring substituents is 1. The van der Waals surface area contributed by atoms with Crippen molar-refractivity contribution in [3.8, 4) is 0 Å². The quantitative estimate of drug-likeness (QED) is 0.504. The van der Waals surface area contributed by atoms with Crippen LogP contribution in [0.1, 0.15) is 12.8 Å². The molecule has 0 heterocycles. The fourth-order valence-electron chi connectivity index (χ4n) is 2.34. The third-order valence-corrected chi connectivity index (χ3v) is 3.50. The van der Waals surface area contributed by atoms with Crippen LogP contribution >= 0.6 is 0 Å². The number of halogens is 1. The van der Waals surface area contributed by atoms with Crippen molar-refractivity contribution < 1.29 is 24.0 Å². The highest BCUT2D eigenvalue weighted by atomic mass is 19.1. The van der Waals surface area contributed by atoms with Crippen molar-refractivity contribution >= 4 is 23.3 Å². The monoisotopic (exact) mass is 308 g/mol. The molecule has 2 rings (SSSR count). The lowest BCUT2D eigenvalue weighted by Crippen LogP contribution is -2.34. The van der Waals surface area contributed by atoms with E-state index in [0.29, 0.717) is 0 Å². The Bertz CT molecular complexity index is 659. The molecule has 0 aromatic heterocycles. The summed E-state index contributed by atoms with van der Waals surface area (Å²) in [5.41, 5.74) is -0.701. The Labute approximate surface area is 124 Å². The Morgan fingerprint density at radius 2 is 1.91 bits per heavy atom. The number of nitrogens with zero attached hydrogens (tertiary/aromatic N) is 1. The van der Waals surface area contributed by atoms with Crippen LogP contribution in [0.15, 0.2) is 30.4 Å². The van der Waals surface area contributed by atoms with Gasteiger partial charge in [-0.1, -0.05) is 12.2 Å². The number of nitrogens with one attached hydrogen (secondary N) is 1. The number of carbonyl (C=O) groups excluding carboxylic acids is 1. The van der Waals surface area contributed by atoms with Crippen molar-refractivity contribution in [2.75, 3.05) is 5.32 Å². The number of rotatable bonds is 4. The van der Waals surface area contributed by atoms with Crippen LogP contribution in [0.4, 0.5) is 15.8 Å². The third-order valence-electron chi connectivity index (χ3n) is 3.50. The fraction of sp³-hybridized carbons (Fsp3) is 0.286. The molecule has 0 spiro atoms. The van der Waals surface area contributed by atoms with Gasteiger partial charge in [0.1, 0.15) is 0 Å². The summed E-state index contributed by atoms with van der Waals surface area (Å²) in [5.74, 6) is -4.26. The maximum atomic E-state index is 13.2. The van der Waals surface area contributed by atoms with Gasteiger partial charge < -0.3 is 10.4 Å². The first kappa shape index (κ1) is 15.6. The van der Waals surface area contributed by atoms with Gasteiger partial charge in [-0.2, -0.15) is 4.39 Å². The first-order valence-corrected chi connectivity index (χ1v) is 6.52. The van der Waals surface area contributed by atoms with E-state index in [1.807, 2.05) is 0 Å². The molecule has 1 aliphatic carbocycles. The molecule has 0 saturated carbocycles. The van der Waals surface area contributed by atoms with Gasteiger partial charge >= 0.3 is 11.7 Å². The average Bonchev–Trinajstić information content (AvgIpc) is 2.48. The zero-order valence-corrected chi connectivity index (χ0v) is 11.4. The minimum Gasteiger partial charge on any atom is -0.481 e. The maximum absolute atomic E-state index is 13.2. The second-order valence-electron chi connectivity index (χ2n) is 4.91. The minimum atomic E-state index is -1.07. The number of carbonyl (C=O) groups is 2. The molecule has 0 radical (unpaired) electrons. The summed E-state index contributed by atoms with van der Waals surface area (Å²) in [6.45, 7) is 0. The largest absolute Gasteiger partial charge is 0.481 e. The molecule has 116 valence electrons. The summed E-state index contributed by atoms with van der Waals surface area (Å²) >= 11 is 0. The first-order valence-electron chi connectivity index (χ1n) is 6.52. The van der Waals surface area contributed by atoms with Crippen LogP contribution in [0, 0.1) is 27.8 Å². The summed E-state index contributed by atoms with van der Waals surface area (Å²) in [6, 6.07) is 2.97. The van der Waals surface area contributed by atoms with Crippen LogP contribution in [0.25, 0.3) is 0 Å². The number of carboxylic acids is 1. The van der Waals surface area contributed by atoms with Crippen LogP contribution in [0.3, 0.4) is 0 Å². The van der Waals surface area contributed by atoms with E-state index in [9.17, 15) is 24.1 Å². The van der Waals surface area contributed by atoms with Crippen LogP contribution in [-0.4, -0.2) is 21.9 Å². The van der Waals surface area contributed by atoms with Crippen molar-refractivity contribution in [1.29, 1.82) is 0 Å². The maximum Gasteiger partial charge on any atom is 0.307 e. The van der Waals surface area contributed by atoms with E-state index < -0.39 is 40.1 Å². The molecule has 1 aliphatic rings. The molecular formula is C14H13FN2O5. The molecule has 0 fully saturated rings. The van der Waals surface area contributed by atoms with Crippen molar-refractivity contribution in [1.82, 2.24) is 0 Å². The molecule has 0 aliphatic heterocycles. The van der Waals surface area contributed by atoms with Crippen molar-refractivity contribution in [3.63, 3.8) is 0 Å². The smallest absolute Gasteiger partial charge is 0.307 e. The molecule has 1 amide bonds. The van der Waals surface area contributed by atoms with Gasteiger partial charge in [-0.15, -0.1) is 0 Å².